The van der Waals surface area contributed by atoms with Gasteiger partial charge in [-0.25, -0.2) is 0 Å². The first kappa shape index (κ1) is 8.21. The number of carbonyl (C=O) groups excluding carboxylic acids is 1. The van der Waals surface area contributed by atoms with E-state index in [1.807, 2.05) is 0 Å². The van der Waals surface area contributed by atoms with E-state index < -0.39 is 5.97 Å². The van der Waals surface area contributed by atoms with Crippen LogP contribution in [0.2, 0.25) is 0 Å². The molecule has 9 heavy (non-hydrogen) atoms. The van der Waals surface area contributed by atoms with Gasteiger partial charge in [0.25, 0.3) is 0 Å². The highest BCUT2D eigenvalue weighted by Crippen LogP contribution is 2.22. The zero-order valence-corrected chi connectivity index (χ0v) is 6.02. The van der Waals surface area contributed by atoms with E-state index in [0.717, 1.165) is 0 Å². The van der Waals surface area contributed by atoms with Crippen LogP contribution in [-0.2, 0) is 4.79 Å². The number of carboxylic acids is 1. The quantitative estimate of drug-likeness (QED) is 0.476. The first-order chi connectivity index (χ1) is 3.85. The highest BCUT2D eigenvalue weighted by atomic mass is 16.4. The maximum Gasteiger partial charge on any atom is 0.0674 e. The minimum atomic E-state index is -1.16. The lowest BCUT2D eigenvalue weighted by Gasteiger charge is -2.21. The topological polar surface area (TPSA) is 40.1 Å². The first-order valence-electron chi connectivity index (χ1n) is 2.76. The van der Waals surface area contributed by atoms with Gasteiger partial charge >= 0.3 is 0 Å². The van der Waals surface area contributed by atoms with E-state index in [1.165, 1.54) is 0 Å². The zero-order valence-electron chi connectivity index (χ0n) is 6.02. The van der Waals surface area contributed by atoms with Gasteiger partial charge in [0, 0.05) is 0 Å². The molecule has 0 aliphatic rings. The normalized spacial score (nSPS) is 11.0. The van der Waals surface area contributed by atoms with Crippen LogP contribution in [0.25, 0.3) is 0 Å². The Morgan fingerprint density at radius 3 is 1.78 bits per heavy atom. The summed E-state index contributed by atoms with van der Waals surface area (Å²) in [6.07, 6.45) is 0. The molecule has 0 fully saturated rings. The van der Waals surface area contributed by atoms with Gasteiger partial charge in [-0.2, -0.15) is 0 Å². The Hall–Kier alpha value is -0.790. The molecule has 2 nitrogen and oxygen atoms in total. The Bertz CT molecular complexity index is 139. The van der Waals surface area contributed by atoms with E-state index in [1.54, 1.807) is 20.8 Å². The summed E-state index contributed by atoms with van der Waals surface area (Å²) in [5, 5.41) is 10.1. The van der Waals surface area contributed by atoms with Crippen molar-refractivity contribution in [3.63, 3.8) is 0 Å². The monoisotopic (exact) mass is 127 g/mol. The summed E-state index contributed by atoms with van der Waals surface area (Å²) < 4.78 is 0. The molecule has 0 saturated carbocycles. The number of rotatable bonds is 1. The molecule has 0 N–H and O–H groups in total. The lowest BCUT2D eigenvalue weighted by Crippen LogP contribution is -2.30. The standard InChI is InChI=1S/C7H12O2/c1-5(6(8)9)7(2,3)4/h1H2,2-4H3,(H,8,9)/p-1. The summed E-state index contributed by atoms with van der Waals surface area (Å²) in [6.45, 7) is 8.71. The maximum atomic E-state index is 10.1. The lowest BCUT2D eigenvalue weighted by atomic mass is 9.88. The highest BCUT2D eigenvalue weighted by molar-refractivity contribution is 5.85. The molecule has 0 amide bonds. The third kappa shape index (κ3) is 2.31. The van der Waals surface area contributed by atoms with Crippen LogP contribution in [0.3, 0.4) is 0 Å². The fraction of sp³-hybridized carbons (Fsp3) is 0.571. The largest absolute Gasteiger partial charge is 0.545 e. The summed E-state index contributed by atoms with van der Waals surface area (Å²) in [6, 6.07) is 0. The average molecular weight is 127 g/mol. The molecule has 0 aliphatic carbocycles. The van der Waals surface area contributed by atoms with Gasteiger partial charge in [-0.1, -0.05) is 27.4 Å². The van der Waals surface area contributed by atoms with Gasteiger partial charge in [0.1, 0.15) is 0 Å². The smallest absolute Gasteiger partial charge is 0.0674 e. The Labute approximate surface area is 55.2 Å². The van der Waals surface area contributed by atoms with Gasteiger partial charge < -0.3 is 9.90 Å². The molecular weight excluding hydrogens is 116 g/mol. The summed E-state index contributed by atoms with van der Waals surface area (Å²) in [5.74, 6) is -1.16. The van der Waals surface area contributed by atoms with E-state index in [0.29, 0.717) is 0 Å². The SMILES string of the molecule is C=C(C(=O)[O-])C(C)(C)C. The molecular formula is C7H11O2-. The fourth-order valence-corrected chi connectivity index (χ4v) is 0.306. The molecule has 0 aliphatic heterocycles. The molecule has 0 aromatic heterocycles. The molecule has 0 aromatic rings. The van der Waals surface area contributed by atoms with Crippen molar-refractivity contribution < 1.29 is 9.90 Å². The van der Waals surface area contributed by atoms with E-state index >= 15 is 0 Å². The van der Waals surface area contributed by atoms with Crippen molar-refractivity contribution in [2.75, 3.05) is 0 Å². The number of hydrogen-bond donors (Lipinski definition) is 0. The van der Waals surface area contributed by atoms with Crippen LogP contribution in [0, 0.1) is 5.41 Å². The molecule has 0 rings (SSSR count). The van der Waals surface area contributed by atoms with Crippen molar-refractivity contribution in [3.8, 4) is 0 Å². The molecule has 0 spiro atoms. The molecule has 0 atom stereocenters. The van der Waals surface area contributed by atoms with Gasteiger partial charge in [-0.05, 0) is 11.0 Å². The molecule has 52 valence electrons. The molecule has 0 unspecified atom stereocenters. The Balaban J connectivity index is 4.23. The Kier molecular flexibility index (Phi) is 2.02. The minimum Gasteiger partial charge on any atom is -0.545 e. The van der Waals surface area contributed by atoms with E-state index in [4.69, 9.17) is 0 Å². The summed E-state index contributed by atoms with van der Waals surface area (Å²) in [5.41, 5.74) is -0.235. The average Bonchev–Trinajstić information content (AvgIpc) is 1.62. The Morgan fingerprint density at radius 1 is 1.44 bits per heavy atom. The molecule has 0 radical (unpaired) electrons. The number of aliphatic carboxylic acids is 1. The van der Waals surface area contributed by atoms with Crippen LogP contribution in [0.15, 0.2) is 12.2 Å². The lowest BCUT2D eigenvalue weighted by molar-refractivity contribution is -0.300. The van der Waals surface area contributed by atoms with Crippen LogP contribution < -0.4 is 5.11 Å². The van der Waals surface area contributed by atoms with Gasteiger partial charge in [0.2, 0.25) is 0 Å². The summed E-state index contributed by atoms with van der Waals surface area (Å²) in [4.78, 5) is 10.1. The molecule has 0 saturated heterocycles. The Morgan fingerprint density at radius 2 is 1.78 bits per heavy atom. The summed E-state index contributed by atoms with van der Waals surface area (Å²) >= 11 is 0. The van der Waals surface area contributed by atoms with Crippen molar-refractivity contribution >= 4 is 5.97 Å². The van der Waals surface area contributed by atoms with E-state index in [2.05, 4.69) is 6.58 Å². The van der Waals surface area contributed by atoms with Crippen molar-refractivity contribution in [2.24, 2.45) is 5.41 Å². The number of hydrogen-bond acceptors (Lipinski definition) is 2. The van der Waals surface area contributed by atoms with Crippen LogP contribution in [0.4, 0.5) is 0 Å². The predicted molar refractivity (Wildman–Crippen MR) is 33.6 cm³/mol. The third-order valence-corrected chi connectivity index (χ3v) is 1.15. The second kappa shape index (κ2) is 2.21. The van der Waals surface area contributed by atoms with Crippen molar-refractivity contribution in [3.05, 3.63) is 12.2 Å². The molecule has 0 aromatic carbocycles. The van der Waals surface area contributed by atoms with Crippen LogP contribution in [0.5, 0.6) is 0 Å². The number of carboxylic acid groups (broad SMARTS) is 1. The molecule has 0 bridgehead atoms. The molecule has 2 heteroatoms. The van der Waals surface area contributed by atoms with Gasteiger partial charge in [-0.15, -0.1) is 0 Å². The van der Waals surface area contributed by atoms with Gasteiger partial charge in [0.05, 0.1) is 5.97 Å². The van der Waals surface area contributed by atoms with Crippen molar-refractivity contribution in [1.82, 2.24) is 0 Å². The molecule has 0 heterocycles. The van der Waals surface area contributed by atoms with Gasteiger partial charge in [0.15, 0.2) is 0 Å². The zero-order chi connectivity index (χ0) is 7.65. The number of carbonyl (C=O) groups is 1. The van der Waals surface area contributed by atoms with Crippen LogP contribution in [-0.4, -0.2) is 5.97 Å². The summed E-state index contributed by atoms with van der Waals surface area (Å²) in [7, 11) is 0. The first-order valence-corrected chi connectivity index (χ1v) is 2.76. The van der Waals surface area contributed by atoms with E-state index in [-0.39, 0.29) is 11.0 Å². The second-order valence-corrected chi connectivity index (χ2v) is 3.02. The van der Waals surface area contributed by atoms with Crippen LogP contribution >= 0.6 is 0 Å². The van der Waals surface area contributed by atoms with Gasteiger partial charge in [-0.3, -0.25) is 0 Å². The van der Waals surface area contributed by atoms with Crippen molar-refractivity contribution in [2.45, 2.75) is 20.8 Å². The van der Waals surface area contributed by atoms with Crippen LogP contribution in [0.1, 0.15) is 20.8 Å². The highest BCUT2D eigenvalue weighted by Gasteiger charge is 2.14. The maximum absolute atomic E-state index is 10.1. The second-order valence-electron chi connectivity index (χ2n) is 3.02. The van der Waals surface area contributed by atoms with E-state index in [9.17, 15) is 9.90 Å². The predicted octanol–water partition coefficient (Wildman–Crippen LogP) is 0.339. The van der Waals surface area contributed by atoms with Crippen molar-refractivity contribution in [1.29, 1.82) is 0 Å². The fourth-order valence-electron chi connectivity index (χ4n) is 0.306. The minimum absolute atomic E-state index is 0.141. The third-order valence-electron chi connectivity index (χ3n) is 1.15.